The summed E-state index contributed by atoms with van der Waals surface area (Å²) in [5.41, 5.74) is -0.307. The first-order chi connectivity index (χ1) is 18.7. The molecule has 0 saturated heterocycles. The van der Waals surface area contributed by atoms with Gasteiger partial charge in [0.25, 0.3) is 5.56 Å². The molecule has 0 bridgehead atoms. The number of methoxy groups -OCH3 is 3. The van der Waals surface area contributed by atoms with Gasteiger partial charge in [-0.1, -0.05) is 12.1 Å². The van der Waals surface area contributed by atoms with Crippen LogP contribution < -0.4 is 36.1 Å². The largest absolute Gasteiger partial charge is 0.497 e. The van der Waals surface area contributed by atoms with Crippen molar-refractivity contribution >= 4 is 56.7 Å². The van der Waals surface area contributed by atoms with Crippen LogP contribution in [0.3, 0.4) is 0 Å². The zero-order chi connectivity index (χ0) is 28.1. The SMILES string of the molecule is COc1ccc(NC(=O)Cn2c(=O)c3ccccc3n(CC(=O)Nc3cc([125I])c(OC)cc3OC)c2=O)cc1. The first kappa shape index (κ1) is 27.7. The van der Waals surface area contributed by atoms with Gasteiger partial charge in [0.05, 0.1) is 41.5 Å². The Kier molecular flexibility index (Phi) is 8.54. The average Bonchev–Trinajstić information content (AvgIpc) is 2.94. The number of benzene rings is 3. The highest BCUT2D eigenvalue weighted by molar-refractivity contribution is 14.1. The second kappa shape index (κ2) is 12.0. The zero-order valence-corrected chi connectivity index (χ0v) is 23.5. The predicted octanol–water partition coefficient (Wildman–Crippen LogP) is 3.07. The van der Waals surface area contributed by atoms with E-state index in [1.807, 2.05) is 0 Å². The number of nitrogens with zero attached hydrogens (tertiary/aromatic N) is 2. The van der Waals surface area contributed by atoms with Crippen LogP contribution in [0.4, 0.5) is 11.4 Å². The van der Waals surface area contributed by atoms with E-state index in [9.17, 15) is 19.2 Å². The van der Waals surface area contributed by atoms with Crippen molar-refractivity contribution in [2.45, 2.75) is 13.1 Å². The van der Waals surface area contributed by atoms with Crippen molar-refractivity contribution in [2.24, 2.45) is 0 Å². The fraction of sp³-hybridized carbons (Fsp3) is 0.185. The molecule has 2 N–H and O–H groups in total. The number of carbonyl (C=O) groups is 2. The summed E-state index contributed by atoms with van der Waals surface area (Å²) in [4.78, 5) is 52.4. The minimum atomic E-state index is -0.796. The Labute approximate surface area is 236 Å². The predicted molar refractivity (Wildman–Crippen MR) is 155 cm³/mol. The molecule has 0 radical (unpaired) electrons. The third-order valence-corrected chi connectivity index (χ3v) is 6.70. The molecular weight excluding hydrogens is 617 g/mol. The molecule has 39 heavy (non-hydrogen) atoms. The highest BCUT2D eigenvalue weighted by atomic mass is 125. The Bertz CT molecular complexity index is 1660. The smallest absolute Gasteiger partial charge is 0.332 e. The maximum Gasteiger partial charge on any atom is 0.332 e. The summed E-state index contributed by atoms with van der Waals surface area (Å²) in [5.74, 6) is 0.449. The molecule has 12 heteroatoms. The Morgan fingerprint density at radius 3 is 2.10 bits per heavy atom. The molecular formula is C27H25IN4O7. The lowest BCUT2D eigenvalue weighted by Crippen LogP contribution is -2.44. The Morgan fingerprint density at radius 2 is 1.44 bits per heavy atom. The van der Waals surface area contributed by atoms with Gasteiger partial charge < -0.3 is 24.8 Å². The number of rotatable bonds is 9. The number of halogens is 1. The van der Waals surface area contributed by atoms with Crippen LogP contribution in [0.2, 0.25) is 0 Å². The molecule has 0 saturated carbocycles. The highest BCUT2D eigenvalue weighted by Crippen LogP contribution is 2.33. The second-order valence-corrected chi connectivity index (χ2v) is 9.45. The van der Waals surface area contributed by atoms with Crippen molar-refractivity contribution < 1.29 is 23.8 Å². The summed E-state index contributed by atoms with van der Waals surface area (Å²) in [6.07, 6.45) is 0. The molecule has 0 unspecified atom stereocenters. The van der Waals surface area contributed by atoms with Gasteiger partial charge in [0, 0.05) is 11.8 Å². The van der Waals surface area contributed by atoms with Gasteiger partial charge in [-0.25, -0.2) is 4.79 Å². The van der Waals surface area contributed by atoms with Gasteiger partial charge in [-0.15, -0.1) is 0 Å². The van der Waals surface area contributed by atoms with Gasteiger partial charge in [0.15, 0.2) is 0 Å². The van der Waals surface area contributed by atoms with Crippen LogP contribution in [0.15, 0.2) is 70.3 Å². The van der Waals surface area contributed by atoms with Crippen molar-refractivity contribution in [1.29, 1.82) is 0 Å². The fourth-order valence-corrected chi connectivity index (χ4v) is 4.66. The lowest BCUT2D eigenvalue weighted by Gasteiger charge is -2.16. The Hall–Kier alpha value is -4.33. The van der Waals surface area contributed by atoms with E-state index in [2.05, 4.69) is 33.2 Å². The van der Waals surface area contributed by atoms with Crippen molar-refractivity contribution in [3.8, 4) is 17.2 Å². The van der Waals surface area contributed by atoms with Crippen molar-refractivity contribution in [3.05, 3.63) is 85.1 Å². The summed E-state index contributed by atoms with van der Waals surface area (Å²) in [7, 11) is 4.51. The molecule has 4 aromatic rings. The summed E-state index contributed by atoms with van der Waals surface area (Å²) in [6.45, 7) is -0.952. The number of aromatic nitrogens is 2. The molecule has 1 heterocycles. The van der Waals surface area contributed by atoms with Crippen LogP contribution in [0, 0.1) is 3.57 Å². The second-order valence-electron chi connectivity index (χ2n) is 8.29. The molecule has 11 nitrogen and oxygen atoms in total. The van der Waals surface area contributed by atoms with E-state index in [0.29, 0.717) is 28.6 Å². The fourth-order valence-electron chi connectivity index (χ4n) is 3.97. The number of hydrogen-bond donors (Lipinski definition) is 2. The van der Waals surface area contributed by atoms with Gasteiger partial charge in [0.2, 0.25) is 11.8 Å². The van der Waals surface area contributed by atoms with E-state index < -0.39 is 36.2 Å². The molecule has 0 aliphatic rings. The number of nitrogens with one attached hydrogen (secondary N) is 2. The number of hydrogen-bond acceptors (Lipinski definition) is 7. The number of carbonyl (C=O) groups excluding carboxylic acids is 2. The molecule has 0 atom stereocenters. The van der Waals surface area contributed by atoms with Crippen LogP contribution >= 0.6 is 22.6 Å². The topological polar surface area (TPSA) is 130 Å². The van der Waals surface area contributed by atoms with E-state index in [-0.39, 0.29) is 10.9 Å². The molecule has 0 spiro atoms. The molecule has 202 valence electrons. The Balaban J connectivity index is 1.65. The lowest BCUT2D eigenvalue weighted by atomic mass is 10.2. The quantitative estimate of drug-likeness (QED) is 0.269. The number of anilines is 2. The molecule has 4 rings (SSSR count). The first-order valence-corrected chi connectivity index (χ1v) is 12.7. The minimum absolute atomic E-state index is 0.193. The summed E-state index contributed by atoms with van der Waals surface area (Å²) >= 11 is 2.07. The van der Waals surface area contributed by atoms with Crippen LogP contribution in [-0.2, 0) is 22.7 Å². The van der Waals surface area contributed by atoms with Crippen LogP contribution in [-0.4, -0.2) is 42.3 Å². The Morgan fingerprint density at radius 1 is 0.795 bits per heavy atom. The summed E-state index contributed by atoms with van der Waals surface area (Å²) in [5, 5.41) is 5.60. The van der Waals surface area contributed by atoms with Gasteiger partial charge in [-0.3, -0.25) is 23.5 Å². The third-order valence-electron chi connectivity index (χ3n) is 5.86. The van der Waals surface area contributed by atoms with Crippen molar-refractivity contribution in [1.82, 2.24) is 9.13 Å². The maximum absolute atomic E-state index is 13.4. The van der Waals surface area contributed by atoms with E-state index in [1.165, 1.54) is 27.4 Å². The van der Waals surface area contributed by atoms with Crippen LogP contribution in [0.25, 0.3) is 10.9 Å². The van der Waals surface area contributed by atoms with Crippen LogP contribution in [0.5, 0.6) is 17.2 Å². The summed E-state index contributed by atoms with van der Waals surface area (Å²) < 4.78 is 18.5. The number of amides is 2. The molecule has 2 amide bonds. The monoisotopic (exact) mass is 642 g/mol. The minimum Gasteiger partial charge on any atom is -0.497 e. The van der Waals surface area contributed by atoms with Gasteiger partial charge in [0.1, 0.15) is 30.3 Å². The molecule has 0 aliphatic heterocycles. The zero-order valence-electron chi connectivity index (χ0n) is 21.3. The highest BCUT2D eigenvalue weighted by Gasteiger charge is 2.19. The summed E-state index contributed by atoms with van der Waals surface area (Å²) in [6, 6.07) is 16.3. The van der Waals surface area contributed by atoms with E-state index in [0.717, 1.165) is 12.7 Å². The number of ether oxygens (including phenoxy) is 3. The van der Waals surface area contributed by atoms with Gasteiger partial charge in [-0.05, 0) is 65.1 Å². The number of para-hydroxylation sites is 1. The third kappa shape index (κ3) is 6.06. The first-order valence-electron chi connectivity index (χ1n) is 11.6. The van der Waals surface area contributed by atoms with Crippen LogP contribution in [0.1, 0.15) is 0 Å². The lowest BCUT2D eigenvalue weighted by molar-refractivity contribution is -0.117. The van der Waals surface area contributed by atoms with E-state index in [4.69, 9.17) is 14.2 Å². The van der Waals surface area contributed by atoms with Gasteiger partial charge in [-0.2, -0.15) is 0 Å². The maximum atomic E-state index is 13.4. The van der Waals surface area contributed by atoms with Gasteiger partial charge >= 0.3 is 5.69 Å². The average molecular weight is 642 g/mol. The van der Waals surface area contributed by atoms with Crippen molar-refractivity contribution in [2.75, 3.05) is 32.0 Å². The standard InChI is InChI=1S/C27H25IN4O7/c1-37-17-10-8-16(9-11-17)29-24(33)15-32-26(35)18-6-4-5-7-21(18)31(27(32)36)14-25(34)30-20-12-19(28)22(38-2)13-23(20)39-3/h4-13H,14-15H2,1-3H3,(H,29,33)(H,30,34)/i28-2. The normalized spacial score (nSPS) is 10.7. The molecule has 3 aromatic carbocycles. The van der Waals surface area contributed by atoms with E-state index >= 15 is 0 Å². The van der Waals surface area contributed by atoms with E-state index in [1.54, 1.807) is 54.6 Å². The number of fused-ring (bicyclic) bond motifs is 1. The molecule has 0 fully saturated rings. The molecule has 1 aromatic heterocycles. The molecule has 0 aliphatic carbocycles. The van der Waals surface area contributed by atoms with Crippen molar-refractivity contribution in [3.63, 3.8) is 0 Å².